The summed E-state index contributed by atoms with van der Waals surface area (Å²) in [5.41, 5.74) is 7.05. The van der Waals surface area contributed by atoms with Crippen molar-refractivity contribution in [3.8, 4) is 34.4 Å². The molecule has 0 saturated carbocycles. The van der Waals surface area contributed by atoms with E-state index in [1.807, 2.05) is 149 Å². The van der Waals surface area contributed by atoms with Crippen molar-refractivity contribution in [1.29, 1.82) is 0 Å². The zero-order chi connectivity index (χ0) is 48.0. The van der Waals surface area contributed by atoms with Crippen LogP contribution in [0.1, 0.15) is 9.60 Å². The first-order valence-electron chi connectivity index (χ1n) is 24.7. The molecule has 0 aliphatic rings. The van der Waals surface area contributed by atoms with E-state index < -0.39 is 6.04 Å². The third-order valence-electron chi connectivity index (χ3n) is 12.7. The molecule has 0 aliphatic heterocycles. The molecule has 0 amide bonds. The van der Waals surface area contributed by atoms with Crippen molar-refractivity contribution in [3.63, 3.8) is 0 Å². The molecular formula is C58H36N6. The molecule has 0 N–H and O–H groups in total. The van der Waals surface area contributed by atoms with Crippen LogP contribution in [0.5, 0.6) is 0 Å². The third kappa shape index (κ3) is 4.85. The van der Waals surface area contributed by atoms with Gasteiger partial charge in [0.2, 0.25) is 5.95 Å². The highest BCUT2D eigenvalue weighted by molar-refractivity contribution is 6.13. The Hall–Kier alpha value is -8.74. The van der Waals surface area contributed by atoms with E-state index in [-0.39, 0.29) is 47.7 Å². The molecule has 5 aromatic heterocycles. The maximum absolute atomic E-state index is 10.1. The van der Waals surface area contributed by atoms with Gasteiger partial charge in [0.15, 0.2) is 0 Å². The first-order valence-corrected chi connectivity index (χ1v) is 21.2. The fraction of sp³-hybridized carbons (Fsp3) is 0. The summed E-state index contributed by atoms with van der Waals surface area (Å²) in [5.74, 6) is 0.536. The van der Waals surface area contributed by atoms with Crippen molar-refractivity contribution in [3.05, 3.63) is 218 Å². The van der Waals surface area contributed by atoms with Crippen molar-refractivity contribution in [2.75, 3.05) is 0 Å². The minimum atomic E-state index is -0.392. The minimum Gasteiger partial charge on any atom is -0.308 e. The number of para-hydroxylation sites is 8. The summed E-state index contributed by atoms with van der Waals surface area (Å²) in [6, 6.07) is 55.8. The lowest BCUT2D eigenvalue weighted by Gasteiger charge is -2.21. The number of hydrogen-bond acceptors (Lipinski definition) is 2. The highest BCUT2D eigenvalue weighted by Crippen LogP contribution is 2.43. The maximum Gasteiger partial charge on any atom is 0.237 e. The molecule has 0 saturated heterocycles. The second-order valence-electron chi connectivity index (χ2n) is 16.0. The molecule has 64 heavy (non-hydrogen) atoms. The summed E-state index contributed by atoms with van der Waals surface area (Å²) < 4.78 is 74.3. The van der Waals surface area contributed by atoms with Crippen LogP contribution in [0.4, 0.5) is 0 Å². The van der Waals surface area contributed by atoms with E-state index in [9.17, 15) is 6.85 Å². The molecule has 5 heterocycles. The molecule has 14 rings (SSSR count). The lowest BCUT2D eigenvalue weighted by atomic mass is 10.0. The molecule has 9 aromatic carbocycles. The van der Waals surface area contributed by atoms with E-state index in [1.165, 1.54) is 0 Å². The van der Waals surface area contributed by atoms with Crippen LogP contribution >= 0.6 is 0 Å². The Morgan fingerprint density at radius 1 is 0.312 bits per heavy atom. The molecular weight excluding hydrogens is 781 g/mol. The molecule has 0 unspecified atom stereocenters. The summed E-state index contributed by atoms with van der Waals surface area (Å²) in [4.78, 5) is 11.0. The summed E-state index contributed by atoms with van der Waals surface area (Å²) >= 11 is 0. The normalized spacial score (nSPS) is 13.6. The summed E-state index contributed by atoms with van der Waals surface area (Å²) in [7, 11) is 0. The number of benzene rings is 9. The lowest BCUT2D eigenvalue weighted by molar-refractivity contribution is 0.950. The Labute approximate surface area is 376 Å². The third-order valence-corrected chi connectivity index (χ3v) is 12.7. The molecule has 0 fully saturated rings. The first-order chi connectivity index (χ1) is 34.7. The number of rotatable bonds is 5. The largest absolute Gasteiger partial charge is 0.308 e. The van der Waals surface area contributed by atoms with Gasteiger partial charge in [-0.15, -0.1) is 0 Å². The number of aromatic nitrogens is 6. The summed E-state index contributed by atoms with van der Waals surface area (Å²) in [6.07, 6.45) is 0. The quantitative estimate of drug-likeness (QED) is 0.174. The van der Waals surface area contributed by atoms with Gasteiger partial charge in [0.05, 0.1) is 70.8 Å². The minimum absolute atomic E-state index is 0.102. The van der Waals surface area contributed by atoms with Gasteiger partial charge in [-0.3, -0.25) is 9.13 Å². The van der Waals surface area contributed by atoms with Gasteiger partial charge < -0.3 is 9.13 Å². The average molecular weight is 824 g/mol. The highest BCUT2D eigenvalue weighted by Gasteiger charge is 2.25. The van der Waals surface area contributed by atoms with E-state index in [1.54, 1.807) is 4.57 Å². The molecule has 0 bridgehead atoms. The maximum atomic E-state index is 10.1. The van der Waals surface area contributed by atoms with Gasteiger partial charge in [-0.05, 0) is 60.6 Å². The van der Waals surface area contributed by atoms with Crippen LogP contribution in [0.25, 0.3) is 122 Å². The Balaban J connectivity index is 1.24. The second kappa shape index (κ2) is 13.4. The Bertz CT molecular complexity index is 4340. The number of hydrogen-bond donors (Lipinski definition) is 0. The van der Waals surface area contributed by atoms with Gasteiger partial charge in [0, 0.05) is 54.7 Å². The van der Waals surface area contributed by atoms with E-state index in [4.69, 9.17) is 12.7 Å². The zero-order valence-corrected chi connectivity index (χ0v) is 33.9. The van der Waals surface area contributed by atoms with Crippen LogP contribution < -0.4 is 0 Å². The molecule has 14 aromatic rings. The smallest absolute Gasteiger partial charge is 0.237 e. The van der Waals surface area contributed by atoms with Crippen LogP contribution in [-0.4, -0.2) is 28.2 Å². The molecule has 0 atom stereocenters. The van der Waals surface area contributed by atoms with Crippen molar-refractivity contribution in [2.45, 2.75) is 0 Å². The zero-order valence-electron chi connectivity index (χ0n) is 40.9. The van der Waals surface area contributed by atoms with Crippen LogP contribution in [0.2, 0.25) is 0 Å². The van der Waals surface area contributed by atoms with Crippen molar-refractivity contribution in [2.24, 2.45) is 0 Å². The lowest BCUT2D eigenvalue weighted by Crippen LogP contribution is -2.10. The van der Waals surface area contributed by atoms with Crippen molar-refractivity contribution < 1.29 is 9.60 Å². The molecule has 298 valence electrons. The van der Waals surface area contributed by atoms with Gasteiger partial charge in [-0.1, -0.05) is 152 Å². The van der Waals surface area contributed by atoms with Crippen molar-refractivity contribution >= 4 is 87.2 Å². The number of fused-ring (bicyclic) bond motifs is 12. The fourth-order valence-corrected chi connectivity index (χ4v) is 10.1. The van der Waals surface area contributed by atoms with Gasteiger partial charge in [-0.2, -0.15) is 4.98 Å². The Morgan fingerprint density at radius 2 is 0.672 bits per heavy atom. The van der Waals surface area contributed by atoms with Crippen LogP contribution in [0.15, 0.2) is 218 Å². The van der Waals surface area contributed by atoms with Gasteiger partial charge in [0.1, 0.15) is 5.82 Å². The molecule has 0 radical (unpaired) electrons. The molecule has 6 nitrogen and oxygen atoms in total. The van der Waals surface area contributed by atoms with Gasteiger partial charge in [0.25, 0.3) is 0 Å². The standard InChI is InChI=1S/C58H36N6/c1-9-26-46-37(18-1)38-19-2-10-27-47(38)61(46)54-34-17-35-55(62-48-28-11-3-20-39(48)40-21-4-12-29-49(40)62)57(54)45-36-56(63-50-30-13-5-22-41(50)42-23-6-14-31-51(42)63)60-58(59-45)64-52-32-15-7-24-43(52)44-25-8-16-33-53(44)64/h1-36H/i7D,15D,17D,24D,32D,34D,35D. The van der Waals surface area contributed by atoms with E-state index >= 15 is 0 Å². The van der Waals surface area contributed by atoms with Gasteiger partial charge in [-0.25, -0.2) is 4.98 Å². The van der Waals surface area contributed by atoms with Crippen molar-refractivity contribution in [1.82, 2.24) is 28.2 Å². The molecule has 0 aliphatic carbocycles. The summed E-state index contributed by atoms with van der Waals surface area (Å²) in [5, 5.41) is 6.70. The SMILES string of the molecule is [2H]c1c([2H])c(-n2c3ccccc3c3ccccc32)c(-c2cc(-n3c4ccccc4c4ccccc43)nc(-n3c4ccccc4c4c([2H])c([2H])c([2H])c([2H])c43)n2)c(-n2c3ccccc3c3ccccc32)c1[2H]. The van der Waals surface area contributed by atoms with Crippen LogP contribution in [0, 0.1) is 0 Å². The molecule has 6 heteroatoms. The highest BCUT2D eigenvalue weighted by atomic mass is 15.2. The fourth-order valence-electron chi connectivity index (χ4n) is 10.1. The molecule has 0 spiro atoms. The topological polar surface area (TPSA) is 45.5 Å². The monoisotopic (exact) mass is 823 g/mol. The van der Waals surface area contributed by atoms with Gasteiger partial charge >= 0.3 is 0 Å². The van der Waals surface area contributed by atoms with Crippen LogP contribution in [0.3, 0.4) is 0 Å². The summed E-state index contributed by atoms with van der Waals surface area (Å²) in [6.45, 7) is 0. The van der Waals surface area contributed by atoms with Crippen LogP contribution in [-0.2, 0) is 0 Å². The first kappa shape index (κ1) is 28.7. The average Bonchev–Trinajstić information content (AvgIpc) is 4.15. The number of nitrogens with zero attached hydrogens (tertiary/aromatic N) is 6. The van der Waals surface area contributed by atoms with E-state index in [0.29, 0.717) is 44.7 Å². The van der Waals surface area contributed by atoms with E-state index in [2.05, 4.69) is 41.0 Å². The predicted octanol–water partition coefficient (Wildman–Crippen LogP) is 14.5. The Morgan fingerprint density at radius 3 is 1.11 bits per heavy atom. The Kier molecular flexibility index (Phi) is 6.00. The van der Waals surface area contributed by atoms with E-state index in [0.717, 1.165) is 65.4 Å². The second-order valence-corrected chi connectivity index (χ2v) is 16.0. The predicted molar refractivity (Wildman–Crippen MR) is 265 cm³/mol.